The second kappa shape index (κ2) is 5.80. The molecule has 0 aliphatic heterocycles. The number of nitro groups is 1. The van der Waals surface area contributed by atoms with Crippen LogP contribution in [0.1, 0.15) is 30.6 Å². The Morgan fingerprint density at radius 3 is 2.74 bits per heavy atom. The van der Waals surface area contributed by atoms with E-state index in [4.69, 9.17) is 5.26 Å². The third kappa shape index (κ3) is 3.29. The largest absolute Gasteiger partial charge is 0.334 e. The predicted molar refractivity (Wildman–Crippen MR) is 72.6 cm³/mol. The topological polar surface area (TPSA) is 96.0 Å². The van der Waals surface area contributed by atoms with Crippen LogP contribution < -0.4 is 5.32 Å². The highest BCUT2D eigenvalue weighted by Gasteiger charge is 2.27. The van der Waals surface area contributed by atoms with Gasteiger partial charge in [-0.1, -0.05) is 13.0 Å². The van der Waals surface area contributed by atoms with Crippen molar-refractivity contribution >= 4 is 27.5 Å². The van der Waals surface area contributed by atoms with E-state index in [9.17, 15) is 14.9 Å². The van der Waals surface area contributed by atoms with E-state index in [1.54, 1.807) is 13.8 Å². The Kier molecular flexibility index (Phi) is 4.62. The average molecular weight is 326 g/mol. The van der Waals surface area contributed by atoms with Crippen molar-refractivity contribution in [3.05, 3.63) is 38.3 Å². The fourth-order valence-corrected chi connectivity index (χ4v) is 1.94. The summed E-state index contributed by atoms with van der Waals surface area (Å²) in [6.45, 7) is 3.36. The van der Waals surface area contributed by atoms with Gasteiger partial charge in [0.05, 0.1) is 16.6 Å². The zero-order chi connectivity index (χ0) is 14.6. The summed E-state index contributed by atoms with van der Waals surface area (Å²) in [6, 6.07) is 6.18. The molecule has 1 amide bonds. The molecule has 6 nitrogen and oxygen atoms in total. The minimum absolute atomic E-state index is 0.105. The van der Waals surface area contributed by atoms with E-state index < -0.39 is 16.4 Å². The highest BCUT2D eigenvalue weighted by atomic mass is 79.9. The summed E-state index contributed by atoms with van der Waals surface area (Å²) in [5, 5.41) is 22.4. The van der Waals surface area contributed by atoms with Crippen LogP contribution in [0, 0.1) is 21.4 Å². The lowest BCUT2D eigenvalue weighted by Gasteiger charge is -2.21. The number of hydrogen-bond donors (Lipinski definition) is 1. The van der Waals surface area contributed by atoms with E-state index in [-0.39, 0.29) is 15.7 Å². The van der Waals surface area contributed by atoms with E-state index in [1.165, 1.54) is 18.2 Å². The molecule has 0 bridgehead atoms. The lowest BCUT2D eigenvalue weighted by molar-refractivity contribution is -0.385. The Labute approximate surface area is 118 Å². The highest BCUT2D eigenvalue weighted by Crippen LogP contribution is 2.28. The maximum atomic E-state index is 12.1. The molecular formula is C12H12BrN3O3. The monoisotopic (exact) mass is 325 g/mol. The van der Waals surface area contributed by atoms with E-state index in [0.717, 1.165) is 0 Å². The molecule has 7 heteroatoms. The SMILES string of the molecule is CCC(C)(C#N)NC(=O)c1cccc([N+](=O)[O-])c1Br. The molecule has 0 aromatic heterocycles. The molecular weight excluding hydrogens is 314 g/mol. The van der Waals surface area contributed by atoms with E-state index in [0.29, 0.717) is 6.42 Å². The first kappa shape index (κ1) is 15.1. The molecule has 1 rings (SSSR count). The van der Waals surface area contributed by atoms with Gasteiger partial charge in [0.2, 0.25) is 0 Å². The second-order valence-corrected chi connectivity index (χ2v) is 4.94. The fourth-order valence-electron chi connectivity index (χ4n) is 1.35. The van der Waals surface area contributed by atoms with Crippen LogP contribution in [0.3, 0.4) is 0 Å². The van der Waals surface area contributed by atoms with E-state index in [1.807, 2.05) is 6.07 Å². The summed E-state index contributed by atoms with van der Waals surface area (Å²) >= 11 is 3.05. The molecule has 1 unspecified atom stereocenters. The van der Waals surface area contributed by atoms with Gasteiger partial charge in [-0.15, -0.1) is 0 Å². The van der Waals surface area contributed by atoms with Gasteiger partial charge in [0, 0.05) is 6.07 Å². The van der Waals surface area contributed by atoms with Crippen LogP contribution in [0.25, 0.3) is 0 Å². The summed E-state index contributed by atoms with van der Waals surface area (Å²) in [4.78, 5) is 22.3. The fraction of sp³-hybridized carbons (Fsp3) is 0.333. The van der Waals surface area contributed by atoms with Crippen LogP contribution in [-0.4, -0.2) is 16.4 Å². The average Bonchev–Trinajstić information content (AvgIpc) is 2.38. The van der Waals surface area contributed by atoms with E-state index >= 15 is 0 Å². The molecule has 0 aliphatic carbocycles. The van der Waals surface area contributed by atoms with Gasteiger partial charge in [-0.3, -0.25) is 14.9 Å². The maximum Gasteiger partial charge on any atom is 0.284 e. The number of rotatable bonds is 4. The number of nitrogens with one attached hydrogen (secondary N) is 1. The Morgan fingerprint density at radius 1 is 1.63 bits per heavy atom. The number of nitriles is 1. The summed E-state index contributed by atoms with van der Waals surface area (Å²) in [6.07, 6.45) is 0.432. The summed E-state index contributed by atoms with van der Waals surface area (Å²) in [5.41, 5.74) is -1.06. The van der Waals surface area contributed by atoms with Gasteiger partial charge in [-0.05, 0) is 35.3 Å². The second-order valence-electron chi connectivity index (χ2n) is 4.15. The Morgan fingerprint density at radius 2 is 2.26 bits per heavy atom. The van der Waals surface area contributed by atoms with Crippen molar-refractivity contribution in [1.82, 2.24) is 5.32 Å². The Hall–Kier alpha value is -1.94. The van der Waals surface area contributed by atoms with Crippen LogP contribution in [0.4, 0.5) is 5.69 Å². The van der Waals surface area contributed by atoms with Crippen molar-refractivity contribution in [1.29, 1.82) is 5.26 Å². The number of halogens is 1. The molecule has 0 radical (unpaired) electrons. The van der Waals surface area contributed by atoms with Gasteiger partial charge < -0.3 is 5.32 Å². The molecule has 0 spiro atoms. The molecule has 19 heavy (non-hydrogen) atoms. The minimum Gasteiger partial charge on any atom is -0.334 e. The minimum atomic E-state index is -0.999. The van der Waals surface area contributed by atoms with Gasteiger partial charge in [0.25, 0.3) is 11.6 Å². The number of amides is 1. The number of benzene rings is 1. The molecule has 1 atom stereocenters. The summed E-state index contributed by atoms with van der Waals surface area (Å²) in [7, 11) is 0. The number of nitro benzene ring substituents is 1. The first-order valence-electron chi connectivity index (χ1n) is 5.51. The van der Waals surface area contributed by atoms with Crippen LogP contribution >= 0.6 is 15.9 Å². The normalized spacial score (nSPS) is 13.2. The molecule has 1 aromatic carbocycles. The lowest BCUT2D eigenvalue weighted by Crippen LogP contribution is -2.44. The van der Waals surface area contributed by atoms with Crippen LogP contribution in [0.5, 0.6) is 0 Å². The third-order valence-electron chi connectivity index (χ3n) is 2.76. The molecule has 0 heterocycles. The third-order valence-corrected chi connectivity index (χ3v) is 3.60. The molecule has 1 aromatic rings. The van der Waals surface area contributed by atoms with Crippen molar-refractivity contribution in [3.8, 4) is 6.07 Å². The van der Waals surface area contributed by atoms with Crippen molar-refractivity contribution in [2.45, 2.75) is 25.8 Å². The molecule has 0 aliphatic rings. The molecule has 0 fully saturated rings. The standard InChI is InChI=1S/C12H12BrN3O3/c1-3-12(2,7-14)15-11(17)8-5-4-6-9(10(8)13)16(18)19/h4-6H,3H2,1-2H3,(H,15,17). The quantitative estimate of drug-likeness (QED) is 0.680. The Balaban J connectivity index is 3.12. The first-order valence-corrected chi connectivity index (χ1v) is 6.30. The van der Waals surface area contributed by atoms with Gasteiger partial charge in [-0.25, -0.2) is 0 Å². The smallest absolute Gasteiger partial charge is 0.284 e. The summed E-state index contributed by atoms with van der Waals surface area (Å²) in [5.74, 6) is -0.526. The molecule has 1 N–H and O–H groups in total. The number of carbonyl (C=O) groups excluding carboxylic acids is 1. The van der Waals surface area contributed by atoms with Crippen molar-refractivity contribution < 1.29 is 9.72 Å². The summed E-state index contributed by atoms with van der Waals surface area (Å²) < 4.78 is 0.105. The molecule has 0 saturated heterocycles. The van der Waals surface area contributed by atoms with Crippen molar-refractivity contribution in [2.24, 2.45) is 0 Å². The Bertz CT molecular complexity index is 568. The van der Waals surface area contributed by atoms with Gasteiger partial charge >= 0.3 is 0 Å². The highest BCUT2D eigenvalue weighted by molar-refractivity contribution is 9.10. The van der Waals surface area contributed by atoms with Crippen molar-refractivity contribution in [3.63, 3.8) is 0 Å². The van der Waals surface area contributed by atoms with Gasteiger partial charge in [0.15, 0.2) is 0 Å². The lowest BCUT2D eigenvalue weighted by atomic mass is 10.0. The van der Waals surface area contributed by atoms with Crippen LogP contribution in [-0.2, 0) is 0 Å². The number of nitrogens with zero attached hydrogens (tertiary/aromatic N) is 2. The first-order chi connectivity index (χ1) is 8.84. The number of carbonyl (C=O) groups is 1. The number of hydrogen-bond acceptors (Lipinski definition) is 4. The molecule has 0 saturated carbocycles. The maximum absolute atomic E-state index is 12.1. The van der Waals surface area contributed by atoms with Crippen molar-refractivity contribution in [2.75, 3.05) is 0 Å². The van der Waals surface area contributed by atoms with Gasteiger partial charge in [-0.2, -0.15) is 5.26 Å². The zero-order valence-electron chi connectivity index (χ0n) is 10.4. The van der Waals surface area contributed by atoms with Crippen LogP contribution in [0.2, 0.25) is 0 Å². The molecule has 100 valence electrons. The van der Waals surface area contributed by atoms with Gasteiger partial charge in [0.1, 0.15) is 10.0 Å². The zero-order valence-corrected chi connectivity index (χ0v) is 12.0. The van der Waals surface area contributed by atoms with E-state index in [2.05, 4.69) is 21.2 Å². The van der Waals surface area contributed by atoms with Crippen LogP contribution in [0.15, 0.2) is 22.7 Å². The predicted octanol–water partition coefficient (Wildman–Crippen LogP) is 2.78.